The molecule has 0 unspecified atom stereocenters. The van der Waals surface area contributed by atoms with Crippen LogP contribution in [0.4, 0.5) is 5.69 Å². The van der Waals surface area contributed by atoms with Crippen LogP contribution in [-0.4, -0.2) is 11.5 Å². The summed E-state index contributed by atoms with van der Waals surface area (Å²) in [5, 5.41) is 10.8. The average Bonchev–Trinajstić information content (AvgIpc) is 2.36. The standard InChI is InChI=1S/C13H18BrNO3/c1-3-10(4-2)8-18-9-11-6-5-7-12(13(11)14)15(16)17/h5-7,10H,3-4,8-9H2,1-2H3. The molecular weight excluding hydrogens is 298 g/mol. The van der Waals surface area contributed by atoms with Gasteiger partial charge in [0.1, 0.15) is 4.47 Å². The van der Waals surface area contributed by atoms with Crippen molar-refractivity contribution in [2.75, 3.05) is 6.61 Å². The van der Waals surface area contributed by atoms with E-state index in [2.05, 4.69) is 29.8 Å². The Hall–Kier alpha value is -0.940. The summed E-state index contributed by atoms with van der Waals surface area (Å²) in [7, 11) is 0. The Morgan fingerprint density at radius 1 is 1.39 bits per heavy atom. The highest BCUT2D eigenvalue weighted by molar-refractivity contribution is 9.10. The van der Waals surface area contributed by atoms with Crippen LogP contribution >= 0.6 is 15.9 Å². The zero-order valence-corrected chi connectivity index (χ0v) is 12.3. The molecule has 1 aromatic rings. The van der Waals surface area contributed by atoms with Crippen molar-refractivity contribution in [3.8, 4) is 0 Å². The number of nitrogens with zero attached hydrogens (tertiary/aromatic N) is 1. The molecule has 18 heavy (non-hydrogen) atoms. The molecule has 5 heteroatoms. The van der Waals surface area contributed by atoms with Crippen molar-refractivity contribution in [1.82, 2.24) is 0 Å². The normalized spacial score (nSPS) is 10.9. The van der Waals surface area contributed by atoms with Gasteiger partial charge in [-0.25, -0.2) is 0 Å². The lowest BCUT2D eigenvalue weighted by Crippen LogP contribution is -2.08. The van der Waals surface area contributed by atoms with Crippen LogP contribution in [0.1, 0.15) is 32.3 Å². The summed E-state index contributed by atoms with van der Waals surface area (Å²) >= 11 is 3.26. The van der Waals surface area contributed by atoms with Crippen LogP contribution in [0.3, 0.4) is 0 Å². The number of nitro groups is 1. The Morgan fingerprint density at radius 3 is 2.61 bits per heavy atom. The van der Waals surface area contributed by atoms with E-state index in [9.17, 15) is 10.1 Å². The molecule has 0 amide bonds. The zero-order valence-electron chi connectivity index (χ0n) is 10.7. The molecule has 0 bridgehead atoms. The highest BCUT2D eigenvalue weighted by Gasteiger charge is 2.15. The van der Waals surface area contributed by atoms with Gasteiger partial charge in [-0.3, -0.25) is 10.1 Å². The Morgan fingerprint density at radius 2 is 2.06 bits per heavy atom. The van der Waals surface area contributed by atoms with Crippen molar-refractivity contribution >= 4 is 21.6 Å². The Balaban J connectivity index is 2.63. The van der Waals surface area contributed by atoms with Gasteiger partial charge in [-0.15, -0.1) is 0 Å². The molecule has 0 fully saturated rings. The van der Waals surface area contributed by atoms with Crippen molar-refractivity contribution in [3.63, 3.8) is 0 Å². The van der Waals surface area contributed by atoms with Crippen molar-refractivity contribution < 1.29 is 9.66 Å². The summed E-state index contributed by atoms with van der Waals surface area (Å²) in [5.74, 6) is 0.558. The van der Waals surface area contributed by atoms with Gasteiger partial charge in [-0.2, -0.15) is 0 Å². The van der Waals surface area contributed by atoms with Gasteiger partial charge in [0.05, 0.1) is 11.5 Å². The van der Waals surface area contributed by atoms with Gasteiger partial charge in [0.2, 0.25) is 0 Å². The molecule has 0 saturated carbocycles. The smallest absolute Gasteiger partial charge is 0.283 e. The number of benzene rings is 1. The topological polar surface area (TPSA) is 52.4 Å². The van der Waals surface area contributed by atoms with E-state index in [1.165, 1.54) is 6.07 Å². The molecule has 0 aromatic heterocycles. The fourth-order valence-corrected chi connectivity index (χ4v) is 2.20. The third-order valence-corrected chi connectivity index (χ3v) is 3.94. The summed E-state index contributed by atoms with van der Waals surface area (Å²) in [6, 6.07) is 5.00. The first-order valence-corrected chi connectivity index (χ1v) is 6.88. The predicted octanol–water partition coefficient (Wildman–Crippen LogP) is 4.31. The lowest BCUT2D eigenvalue weighted by molar-refractivity contribution is -0.385. The molecule has 0 aliphatic rings. The van der Waals surface area contributed by atoms with Crippen LogP contribution < -0.4 is 0 Å². The first kappa shape index (κ1) is 15.1. The van der Waals surface area contributed by atoms with E-state index in [4.69, 9.17) is 4.74 Å². The third-order valence-electron chi connectivity index (χ3n) is 3.02. The maximum atomic E-state index is 10.8. The largest absolute Gasteiger partial charge is 0.376 e. The third kappa shape index (κ3) is 4.07. The highest BCUT2D eigenvalue weighted by Crippen LogP contribution is 2.28. The molecular formula is C13H18BrNO3. The molecule has 0 aliphatic heterocycles. The number of rotatable bonds is 7. The fraction of sp³-hybridized carbons (Fsp3) is 0.538. The molecule has 1 rings (SSSR count). The lowest BCUT2D eigenvalue weighted by Gasteiger charge is -2.13. The minimum Gasteiger partial charge on any atom is -0.376 e. The quantitative estimate of drug-likeness (QED) is 0.556. The second-order valence-corrected chi connectivity index (χ2v) is 5.00. The van der Waals surface area contributed by atoms with E-state index >= 15 is 0 Å². The van der Waals surface area contributed by atoms with Crippen molar-refractivity contribution in [2.24, 2.45) is 5.92 Å². The summed E-state index contributed by atoms with van der Waals surface area (Å²) in [6.45, 7) is 5.38. The van der Waals surface area contributed by atoms with Gasteiger partial charge < -0.3 is 4.74 Å². The summed E-state index contributed by atoms with van der Waals surface area (Å²) < 4.78 is 6.14. The number of ether oxygens (including phenoxy) is 1. The maximum absolute atomic E-state index is 10.8. The van der Waals surface area contributed by atoms with E-state index < -0.39 is 4.92 Å². The van der Waals surface area contributed by atoms with Gasteiger partial charge in [-0.1, -0.05) is 38.8 Å². The van der Waals surface area contributed by atoms with E-state index in [-0.39, 0.29) is 5.69 Å². The summed E-state index contributed by atoms with van der Waals surface area (Å²) in [4.78, 5) is 10.4. The maximum Gasteiger partial charge on any atom is 0.283 e. The van der Waals surface area contributed by atoms with Crippen LogP contribution in [0.2, 0.25) is 0 Å². The molecule has 0 heterocycles. The number of halogens is 1. The molecule has 0 aliphatic carbocycles. The predicted molar refractivity (Wildman–Crippen MR) is 74.5 cm³/mol. The van der Waals surface area contributed by atoms with E-state index in [1.807, 2.05) is 6.07 Å². The van der Waals surface area contributed by atoms with Crippen molar-refractivity contribution in [1.29, 1.82) is 0 Å². The van der Waals surface area contributed by atoms with Crippen LogP contribution in [-0.2, 0) is 11.3 Å². The van der Waals surface area contributed by atoms with Crippen LogP contribution in [0.25, 0.3) is 0 Å². The highest BCUT2D eigenvalue weighted by atomic mass is 79.9. The Kier molecular flexibility index (Phi) is 6.29. The second-order valence-electron chi connectivity index (χ2n) is 4.21. The summed E-state index contributed by atoms with van der Waals surface area (Å²) in [6.07, 6.45) is 2.18. The van der Waals surface area contributed by atoms with Gasteiger partial charge in [0, 0.05) is 12.7 Å². The minimum atomic E-state index is -0.394. The average molecular weight is 316 g/mol. The monoisotopic (exact) mass is 315 g/mol. The molecule has 0 radical (unpaired) electrons. The first-order valence-electron chi connectivity index (χ1n) is 6.09. The Bertz CT molecular complexity index is 405. The summed E-state index contributed by atoms with van der Waals surface area (Å²) in [5.41, 5.74) is 0.897. The molecule has 100 valence electrons. The number of nitro benzene ring substituents is 1. The molecule has 0 saturated heterocycles. The van der Waals surface area contributed by atoms with Crippen LogP contribution in [0.15, 0.2) is 22.7 Å². The first-order chi connectivity index (χ1) is 8.60. The minimum absolute atomic E-state index is 0.0821. The van der Waals surface area contributed by atoms with E-state index in [0.717, 1.165) is 18.4 Å². The van der Waals surface area contributed by atoms with E-state index in [1.54, 1.807) is 6.07 Å². The van der Waals surface area contributed by atoms with Crippen LogP contribution in [0.5, 0.6) is 0 Å². The van der Waals surface area contributed by atoms with Gasteiger partial charge >= 0.3 is 0 Å². The molecule has 0 N–H and O–H groups in total. The van der Waals surface area contributed by atoms with Crippen molar-refractivity contribution in [2.45, 2.75) is 33.3 Å². The van der Waals surface area contributed by atoms with E-state index in [0.29, 0.717) is 23.6 Å². The van der Waals surface area contributed by atoms with Crippen LogP contribution in [0, 0.1) is 16.0 Å². The molecule has 0 atom stereocenters. The number of hydrogen-bond donors (Lipinski definition) is 0. The van der Waals surface area contributed by atoms with Gasteiger partial charge in [0.25, 0.3) is 5.69 Å². The van der Waals surface area contributed by atoms with Gasteiger partial charge in [-0.05, 0) is 27.4 Å². The molecule has 4 nitrogen and oxygen atoms in total. The van der Waals surface area contributed by atoms with Gasteiger partial charge in [0.15, 0.2) is 0 Å². The zero-order chi connectivity index (χ0) is 13.5. The SMILES string of the molecule is CCC(CC)COCc1cccc([N+](=O)[O-])c1Br. The molecule has 0 spiro atoms. The molecule has 1 aromatic carbocycles. The van der Waals surface area contributed by atoms with Crippen molar-refractivity contribution in [3.05, 3.63) is 38.3 Å². The lowest BCUT2D eigenvalue weighted by atomic mass is 10.1. The number of hydrogen-bond acceptors (Lipinski definition) is 3. The second kappa shape index (κ2) is 7.48. The Labute approximate surface area is 116 Å². The fourth-order valence-electron chi connectivity index (χ4n) is 1.68.